The molecule has 0 heterocycles. The number of methoxy groups -OCH3 is 1. The Morgan fingerprint density at radius 3 is 2.44 bits per heavy atom. The maximum atomic E-state index is 11.1. The molecule has 2 nitrogen and oxygen atoms in total. The standard InChI is InChI=1S/C30H52O2/c1-8-21(18(2)3)26(31)15-19(4)23-9-10-24-22-16-27(32-7)30-17-20(30)11-14-29(30,6)25(22)12-13-28(23,24)5/h18-27,31H,8-17H2,1-7H3/t19-,20?,21-,22+,23-,24+,25+,26?,27?,28-,29-,30?/m1/s1/i18D. The first kappa shape index (κ1) is 22.4. The van der Waals surface area contributed by atoms with E-state index in [2.05, 4.69) is 27.7 Å². The van der Waals surface area contributed by atoms with E-state index in [1.807, 2.05) is 21.0 Å². The third-order valence-corrected chi connectivity index (χ3v) is 12.8. The average Bonchev–Trinajstić information content (AvgIpc) is 3.23. The Balaban J connectivity index is 1.34. The highest BCUT2D eigenvalue weighted by atomic mass is 16.5. The van der Waals surface area contributed by atoms with Crippen LogP contribution in [0.25, 0.3) is 0 Å². The number of aliphatic hydroxyl groups excluding tert-OH is 1. The molecule has 0 saturated heterocycles. The van der Waals surface area contributed by atoms with Crippen molar-refractivity contribution in [2.45, 2.75) is 118 Å². The second-order valence-corrected chi connectivity index (χ2v) is 13.8. The Kier molecular flexibility index (Phi) is 5.58. The lowest BCUT2D eigenvalue weighted by atomic mass is 9.45. The zero-order valence-corrected chi connectivity index (χ0v) is 22.1. The maximum Gasteiger partial charge on any atom is 0.0638 e. The Bertz CT molecular complexity index is 746. The third-order valence-electron chi connectivity index (χ3n) is 12.8. The zero-order chi connectivity index (χ0) is 24.0. The summed E-state index contributed by atoms with van der Waals surface area (Å²) in [6.07, 6.45) is 13.0. The molecule has 0 aromatic rings. The Labute approximate surface area is 200 Å². The van der Waals surface area contributed by atoms with Gasteiger partial charge in [0.2, 0.25) is 0 Å². The summed E-state index contributed by atoms with van der Waals surface area (Å²) in [7, 11) is 1.99. The summed E-state index contributed by atoms with van der Waals surface area (Å²) in [6.45, 7) is 13.8. The molecule has 0 radical (unpaired) electrons. The average molecular weight is 446 g/mol. The number of fused-ring (bicyclic) bond motifs is 4. The minimum absolute atomic E-state index is 0.0616. The second kappa shape index (κ2) is 7.97. The Morgan fingerprint density at radius 2 is 1.81 bits per heavy atom. The smallest absolute Gasteiger partial charge is 0.0638 e. The fourth-order valence-electron chi connectivity index (χ4n) is 11.3. The lowest BCUT2D eigenvalue weighted by Crippen LogP contribution is -2.57. The molecule has 2 heteroatoms. The van der Waals surface area contributed by atoms with E-state index in [1.165, 1.54) is 51.4 Å². The normalized spacial score (nSPS) is 52.8. The van der Waals surface area contributed by atoms with Gasteiger partial charge in [-0.25, -0.2) is 0 Å². The van der Waals surface area contributed by atoms with Crippen LogP contribution in [0.1, 0.15) is 107 Å². The van der Waals surface area contributed by atoms with Crippen molar-refractivity contribution in [3.05, 3.63) is 0 Å². The van der Waals surface area contributed by atoms with Crippen molar-refractivity contribution in [3.63, 3.8) is 0 Å². The first-order chi connectivity index (χ1) is 15.4. The van der Waals surface area contributed by atoms with Crippen LogP contribution in [0.5, 0.6) is 0 Å². The van der Waals surface area contributed by atoms with Crippen molar-refractivity contribution < 1.29 is 11.2 Å². The van der Waals surface area contributed by atoms with Gasteiger partial charge in [-0.2, -0.15) is 0 Å². The van der Waals surface area contributed by atoms with Gasteiger partial charge in [-0.3, -0.25) is 0 Å². The first-order valence-electron chi connectivity index (χ1n) is 14.6. The number of hydrogen-bond acceptors (Lipinski definition) is 2. The van der Waals surface area contributed by atoms with Gasteiger partial charge in [0, 0.05) is 13.9 Å². The molecular formula is C30H52O2. The summed E-state index contributed by atoms with van der Waals surface area (Å²) in [5.74, 6) is 4.26. The highest BCUT2D eigenvalue weighted by Gasteiger charge is 2.77. The lowest BCUT2D eigenvalue weighted by Gasteiger charge is -2.61. The van der Waals surface area contributed by atoms with Crippen molar-refractivity contribution in [3.8, 4) is 0 Å². The summed E-state index contributed by atoms with van der Waals surface area (Å²) in [5, 5.41) is 11.1. The fraction of sp³-hybridized carbons (Fsp3) is 1.00. The van der Waals surface area contributed by atoms with E-state index < -0.39 is 5.89 Å². The topological polar surface area (TPSA) is 29.5 Å². The van der Waals surface area contributed by atoms with E-state index >= 15 is 0 Å². The number of ether oxygens (including phenoxy) is 1. The monoisotopic (exact) mass is 445 g/mol. The Morgan fingerprint density at radius 1 is 1.06 bits per heavy atom. The molecule has 12 atom stereocenters. The van der Waals surface area contributed by atoms with Crippen LogP contribution in [0.2, 0.25) is 0 Å². The summed E-state index contributed by atoms with van der Waals surface area (Å²) < 4.78 is 14.8. The van der Waals surface area contributed by atoms with Gasteiger partial charge >= 0.3 is 0 Å². The maximum absolute atomic E-state index is 11.1. The molecule has 1 spiro atoms. The zero-order valence-electron chi connectivity index (χ0n) is 23.1. The molecule has 5 saturated carbocycles. The minimum Gasteiger partial charge on any atom is -0.393 e. The van der Waals surface area contributed by atoms with Gasteiger partial charge in [-0.05, 0) is 116 Å². The highest BCUT2D eigenvalue weighted by Crippen LogP contribution is 2.82. The van der Waals surface area contributed by atoms with E-state index in [-0.39, 0.29) is 12.0 Å². The molecule has 5 aliphatic rings. The van der Waals surface area contributed by atoms with Crippen molar-refractivity contribution in [2.75, 3.05) is 7.11 Å². The van der Waals surface area contributed by atoms with Gasteiger partial charge in [0.05, 0.1) is 12.2 Å². The van der Waals surface area contributed by atoms with Gasteiger partial charge < -0.3 is 9.84 Å². The van der Waals surface area contributed by atoms with Crippen LogP contribution < -0.4 is 0 Å². The summed E-state index contributed by atoms with van der Waals surface area (Å²) in [5.41, 5.74) is 1.44. The Hall–Kier alpha value is -0.0800. The molecule has 0 amide bonds. The van der Waals surface area contributed by atoms with Crippen LogP contribution in [-0.4, -0.2) is 24.4 Å². The minimum atomic E-state index is -0.571. The quantitative estimate of drug-likeness (QED) is 0.444. The molecule has 5 rings (SSSR count). The van der Waals surface area contributed by atoms with Gasteiger partial charge in [0.1, 0.15) is 0 Å². The number of hydrogen-bond donors (Lipinski definition) is 1. The van der Waals surface area contributed by atoms with Crippen molar-refractivity contribution in [1.29, 1.82) is 0 Å². The van der Waals surface area contributed by atoms with E-state index in [0.717, 1.165) is 36.5 Å². The first-order valence-corrected chi connectivity index (χ1v) is 14.1. The SMILES string of the molecule is [2H]C(C)(C)[C@@H](CC)C(O)C[C@@H](C)[C@H]1CC[C@H]2[C@@H]3CC(OC)C45CC4CC[C@]5(C)[C@H]3CC[C@]12C. The van der Waals surface area contributed by atoms with Crippen LogP contribution in [0.3, 0.4) is 0 Å². The van der Waals surface area contributed by atoms with E-state index in [4.69, 9.17) is 6.11 Å². The van der Waals surface area contributed by atoms with Gasteiger partial charge in [0.25, 0.3) is 0 Å². The fourth-order valence-corrected chi connectivity index (χ4v) is 11.3. The van der Waals surface area contributed by atoms with Crippen LogP contribution in [0.4, 0.5) is 0 Å². The molecule has 4 unspecified atom stereocenters. The van der Waals surface area contributed by atoms with E-state index in [9.17, 15) is 5.11 Å². The van der Waals surface area contributed by atoms with Crippen LogP contribution in [0, 0.1) is 63.6 Å². The molecule has 5 fully saturated rings. The molecule has 0 aromatic heterocycles. The van der Waals surface area contributed by atoms with Crippen molar-refractivity contribution in [2.24, 2.45) is 63.6 Å². The number of aliphatic hydroxyl groups is 1. The highest BCUT2D eigenvalue weighted by molar-refractivity contribution is 5.26. The predicted octanol–water partition coefficient (Wildman–Crippen LogP) is 7.34. The lowest BCUT2D eigenvalue weighted by molar-refractivity contribution is -0.161. The molecule has 32 heavy (non-hydrogen) atoms. The summed E-state index contributed by atoms with van der Waals surface area (Å²) >= 11 is 0. The van der Waals surface area contributed by atoms with Crippen molar-refractivity contribution >= 4 is 0 Å². The molecule has 0 aromatic carbocycles. The summed E-state index contributed by atoms with van der Waals surface area (Å²) in [6, 6.07) is 0. The van der Waals surface area contributed by atoms with Gasteiger partial charge in [-0.1, -0.05) is 48.0 Å². The molecule has 1 N–H and O–H groups in total. The van der Waals surface area contributed by atoms with Crippen LogP contribution in [-0.2, 0) is 4.74 Å². The third kappa shape index (κ3) is 3.03. The summed E-state index contributed by atoms with van der Waals surface area (Å²) in [4.78, 5) is 0. The largest absolute Gasteiger partial charge is 0.393 e. The molecule has 0 bridgehead atoms. The molecule has 184 valence electrons. The van der Waals surface area contributed by atoms with E-state index in [1.54, 1.807) is 0 Å². The van der Waals surface area contributed by atoms with Gasteiger partial charge in [-0.15, -0.1) is 0 Å². The number of rotatable bonds is 7. The van der Waals surface area contributed by atoms with Crippen molar-refractivity contribution in [1.82, 2.24) is 0 Å². The second-order valence-electron chi connectivity index (χ2n) is 13.8. The van der Waals surface area contributed by atoms with Gasteiger partial charge in [0.15, 0.2) is 0 Å². The van der Waals surface area contributed by atoms with Crippen LogP contribution in [0.15, 0.2) is 0 Å². The molecule has 0 aliphatic heterocycles. The molecule has 5 aliphatic carbocycles. The predicted molar refractivity (Wildman–Crippen MR) is 132 cm³/mol. The van der Waals surface area contributed by atoms with E-state index in [0.29, 0.717) is 34.2 Å². The van der Waals surface area contributed by atoms with Crippen LogP contribution >= 0.6 is 0 Å². The molecular weight excluding hydrogens is 392 g/mol.